The summed E-state index contributed by atoms with van der Waals surface area (Å²) in [7, 11) is 0. The molecule has 0 aromatic heterocycles. The number of carbonyl (C=O) groups is 1. The number of nitrogens with zero attached hydrogens (tertiary/aromatic N) is 4. The maximum Gasteiger partial charge on any atom is 0.305 e. The highest BCUT2D eigenvalue weighted by atomic mass is 16.6. The number of azide groups is 1. The first-order valence-electron chi connectivity index (χ1n) is 6.02. The summed E-state index contributed by atoms with van der Waals surface area (Å²) < 4.78 is 4.79. The van der Waals surface area contributed by atoms with Crippen molar-refractivity contribution >= 4 is 11.7 Å². The second kappa shape index (κ2) is 7.75. The lowest BCUT2D eigenvalue weighted by atomic mass is 10.0. The van der Waals surface area contributed by atoms with Crippen molar-refractivity contribution < 1.29 is 14.5 Å². The van der Waals surface area contributed by atoms with Crippen molar-refractivity contribution in [1.29, 1.82) is 0 Å². The molecule has 8 nitrogen and oxygen atoms in total. The lowest BCUT2D eigenvalue weighted by Gasteiger charge is -2.10. The van der Waals surface area contributed by atoms with E-state index in [0.29, 0.717) is 5.56 Å². The standard InChI is InChI=1S/C12H14N4O4/c1-2-20-12(17)7-6-11(14-15-13)9-4-3-5-10(8-9)16(18)19/h3-5,8,11H,2,6-7H2,1H3. The molecule has 1 atom stereocenters. The minimum Gasteiger partial charge on any atom is -0.466 e. The lowest BCUT2D eigenvalue weighted by molar-refractivity contribution is -0.384. The normalized spacial score (nSPS) is 11.2. The van der Waals surface area contributed by atoms with Crippen LogP contribution in [-0.4, -0.2) is 17.5 Å². The zero-order chi connectivity index (χ0) is 15.0. The number of hydrogen-bond acceptors (Lipinski definition) is 5. The Kier molecular flexibility index (Phi) is 5.99. The van der Waals surface area contributed by atoms with Crippen molar-refractivity contribution in [1.82, 2.24) is 0 Å². The summed E-state index contributed by atoms with van der Waals surface area (Å²) in [6.07, 6.45) is 0.324. The predicted octanol–water partition coefficient (Wildman–Crippen LogP) is 3.29. The Morgan fingerprint density at radius 2 is 2.35 bits per heavy atom. The fourth-order valence-corrected chi connectivity index (χ4v) is 1.69. The van der Waals surface area contributed by atoms with E-state index in [1.165, 1.54) is 18.2 Å². The van der Waals surface area contributed by atoms with Gasteiger partial charge in [-0.2, -0.15) is 0 Å². The zero-order valence-corrected chi connectivity index (χ0v) is 10.9. The third-order valence-corrected chi connectivity index (χ3v) is 2.58. The van der Waals surface area contributed by atoms with Crippen LogP contribution in [0.5, 0.6) is 0 Å². The minimum absolute atomic E-state index is 0.0836. The van der Waals surface area contributed by atoms with Crippen molar-refractivity contribution in [2.75, 3.05) is 6.61 Å². The van der Waals surface area contributed by atoms with Gasteiger partial charge in [0.25, 0.3) is 5.69 Å². The molecule has 1 aromatic carbocycles. The Morgan fingerprint density at radius 1 is 1.60 bits per heavy atom. The van der Waals surface area contributed by atoms with Crippen molar-refractivity contribution in [3.05, 3.63) is 50.4 Å². The smallest absolute Gasteiger partial charge is 0.305 e. The second-order valence-corrected chi connectivity index (χ2v) is 3.92. The summed E-state index contributed by atoms with van der Waals surface area (Å²) in [6, 6.07) is 5.19. The maximum atomic E-state index is 11.3. The molecule has 0 spiro atoms. The Morgan fingerprint density at radius 3 is 2.95 bits per heavy atom. The van der Waals surface area contributed by atoms with E-state index in [1.54, 1.807) is 13.0 Å². The molecule has 0 aliphatic heterocycles. The van der Waals surface area contributed by atoms with Gasteiger partial charge in [0.15, 0.2) is 0 Å². The van der Waals surface area contributed by atoms with Gasteiger partial charge in [-0.15, -0.1) is 0 Å². The van der Waals surface area contributed by atoms with Gasteiger partial charge in [0.2, 0.25) is 0 Å². The van der Waals surface area contributed by atoms with E-state index < -0.39 is 16.9 Å². The number of benzene rings is 1. The highest BCUT2D eigenvalue weighted by Crippen LogP contribution is 2.26. The minimum atomic E-state index is -0.635. The first kappa shape index (κ1) is 15.5. The predicted molar refractivity (Wildman–Crippen MR) is 70.9 cm³/mol. The first-order chi connectivity index (χ1) is 9.58. The molecule has 0 amide bonds. The summed E-state index contributed by atoms with van der Waals surface area (Å²) in [5, 5.41) is 14.3. The molecule has 0 aliphatic carbocycles. The molecular formula is C12H14N4O4. The van der Waals surface area contributed by atoms with Gasteiger partial charge >= 0.3 is 5.97 Å². The van der Waals surface area contributed by atoms with Gasteiger partial charge in [0.05, 0.1) is 17.6 Å². The number of esters is 1. The van der Waals surface area contributed by atoms with Crippen LogP contribution in [0, 0.1) is 10.1 Å². The molecule has 1 rings (SSSR count). The summed E-state index contributed by atoms with van der Waals surface area (Å²) in [5.41, 5.74) is 8.97. The molecule has 0 saturated heterocycles. The highest BCUT2D eigenvalue weighted by molar-refractivity contribution is 5.69. The van der Waals surface area contributed by atoms with E-state index >= 15 is 0 Å². The van der Waals surface area contributed by atoms with Crippen LogP contribution >= 0.6 is 0 Å². The van der Waals surface area contributed by atoms with Crippen LogP contribution in [0.1, 0.15) is 31.4 Å². The second-order valence-electron chi connectivity index (χ2n) is 3.92. The molecule has 106 valence electrons. The van der Waals surface area contributed by atoms with Crippen molar-refractivity contribution in [3.8, 4) is 0 Å². The summed E-state index contributed by atoms with van der Waals surface area (Å²) in [5.74, 6) is -0.393. The van der Waals surface area contributed by atoms with E-state index in [9.17, 15) is 14.9 Å². The molecule has 0 bridgehead atoms. The first-order valence-corrected chi connectivity index (χ1v) is 6.02. The van der Waals surface area contributed by atoms with Crippen LogP contribution in [0.15, 0.2) is 29.4 Å². The quantitative estimate of drug-likeness (QED) is 0.190. The molecule has 0 aliphatic rings. The average Bonchev–Trinajstić information content (AvgIpc) is 2.44. The van der Waals surface area contributed by atoms with Crippen molar-refractivity contribution in [3.63, 3.8) is 0 Å². The van der Waals surface area contributed by atoms with Crippen molar-refractivity contribution in [2.45, 2.75) is 25.8 Å². The molecule has 8 heteroatoms. The number of carbonyl (C=O) groups excluding carboxylic acids is 1. The van der Waals surface area contributed by atoms with Crippen LogP contribution in [0.4, 0.5) is 5.69 Å². The molecule has 0 fully saturated rings. The average molecular weight is 278 g/mol. The fraction of sp³-hybridized carbons (Fsp3) is 0.417. The third kappa shape index (κ3) is 4.58. The number of hydrogen-bond donors (Lipinski definition) is 0. The van der Waals surface area contributed by atoms with E-state index in [4.69, 9.17) is 10.3 Å². The fourth-order valence-electron chi connectivity index (χ4n) is 1.69. The maximum absolute atomic E-state index is 11.3. The van der Waals surface area contributed by atoms with Gasteiger partial charge in [-0.3, -0.25) is 14.9 Å². The number of non-ortho nitro benzene ring substituents is 1. The summed E-state index contributed by atoms with van der Waals surface area (Å²) in [6.45, 7) is 1.98. The Labute approximate surface area is 115 Å². The van der Waals surface area contributed by atoms with Crippen LogP contribution in [-0.2, 0) is 9.53 Å². The molecule has 0 radical (unpaired) electrons. The van der Waals surface area contributed by atoms with Crippen LogP contribution < -0.4 is 0 Å². The molecule has 0 N–H and O–H groups in total. The van der Waals surface area contributed by atoms with Gasteiger partial charge in [-0.05, 0) is 24.4 Å². The van der Waals surface area contributed by atoms with Crippen LogP contribution in [0.2, 0.25) is 0 Å². The molecule has 1 aromatic rings. The molecule has 1 unspecified atom stereocenters. The van der Waals surface area contributed by atoms with E-state index in [-0.39, 0.29) is 25.1 Å². The van der Waals surface area contributed by atoms with Crippen LogP contribution in [0.25, 0.3) is 10.4 Å². The lowest BCUT2D eigenvalue weighted by Crippen LogP contribution is -2.06. The Hall–Kier alpha value is -2.60. The third-order valence-electron chi connectivity index (χ3n) is 2.58. The van der Waals surface area contributed by atoms with Gasteiger partial charge < -0.3 is 4.74 Å². The summed E-state index contributed by atoms with van der Waals surface area (Å²) in [4.78, 5) is 24.2. The molecule has 0 saturated carbocycles. The van der Waals surface area contributed by atoms with E-state index in [2.05, 4.69) is 10.0 Å². The topological polar surface area (TPSA) is 118 Å². The number of ether oxygens (including phenoxy) is 1. The number of rotatable bonds is 7. The zero-order valence-electron chi connectivity index (χ0n) is 10.9. The number of nitro groups is 1. The van der Waals surface area contributed by atoms with Crippen molar-refractivity contribution in [2.24, 2.45) is 5.11 Å². The Bertz CT molecular complexity index is 540. The highest BCUT2D eigenvalue weighted by Gasteiger charge is 2.15. The Balaban J connectivity index is 2.85. The SMILES string of the molecule is CCOC(=O)CCC(N=[N+]=[N-])c1cccc([N+](=O)[O-])c1. The van der Waals surface area contributed by atoms with Gasteiger partial charge in [0.1, 0.15) is 0 Å². The van der Waals surface area contributed by atoms with E-state index in [0.717, 1.165) is 0 Å². The van der Waals surface area contributed by atoms with E-state index in [1.807, 2.05) is 0 Å². The molecule has 0 heterocycles. The largest absolute Gasteiger partial charge is 0.466 e. The van der Waals surface area contributed by atoms with Gasteiger partial charge in [0, 0.05) is 23.5 Å². The van der Waals surface area contributed by atoms with Crippen LogP contribution in [0.3, 0.4) is 0 Å². The van der Waals surface area contributed by atoms with Gasteiger partial charge in [-0.25, -0.2) is 0 Å². The molecular weight excluding hydrogens is 264 g/mol. The monoisotopic (exact) mass is 278 g/mol. The number of nitro benzene ring substituents is 1. The summed E-state index contributed by atoms with van der Waals surface area (Å²) >= 11 is 0. The van der Waals surface area contributed by atoms with Gasteiger partial charge in [-0.1, -0.05) is 17.2 Å². The molecule has 20 heavy (non-hydrogen) atoms.